The first-order chi connectivity index (χ1) is 6.74. The molecule has 0 heterocycles. The van der Waals surface area contributed by atoms with Gasteiger partial charge in [-0.2, -0.15) is 0 Å². The number of amides is 1. The molecule has 4 nitrogen and oxygen atoms in total. The van der Waals surface area contributed by atoms with E-state index in [4.69, 9.17) is 5.11 Å². The van der Waals surface area contributed by atoms with Crippen LogP contribution in [-0.2, 0) is 4.79 Å². The zero-order valence-corrected chi connectivity index (χ0v) is 9.25. The van der Waals surface area contributed by atoms with E-state index in [0.717, 1.165) is 32.5 Å². The minimum absolute atomic E-state index is 0.100. The Labute approximate surface area is 86.3 Å². The van der Waals surface area contributed by atoms with Crippen molar-refractivity contribution in [2.75, 3.05) is 33.3 Å². The predicted octanol–water partition coefficient (Wildman–Crippen LogP) is 0.217. The maximum Gasteiger partial charge on any atom is 0.219 e. The molecule has 4 heteroatoms. The van der Waals surface area contributed by atoms with Crippen molar-refractivity contribution in [3.63, 3.8) is 0 Å². The van der Waals surface area contributed by atoms with Crippen LogP contribution in [-0.4, -0.2) is 49.2 Å². The second kappa shape index (κ2) is 8.97. The summed E-state index contributed by atoms with van der Waals surface area (Å²) >= 11 is 0. The van der Waals surface area contributed by atoms with Gasteiger partial charge in [-0.1, -0.05) is 6.92 Å². The number of hydrogen-bond donors (Lipinski definition) is 2. The fourth-order valence-electron chi connectivity index (χ4n) is 1.31. The van der Waals surface area contributed by atoms with Crippen LogP contribution >= 0.6 is 0 Å². The van der Waals surface area contributed by atoms with Crippen molar-refractivity contribution in [1.82, 2.24) is 10.2 Å². The normalized spacial score (nSPS) is 10.6. The number of nitrogens with one attached hydrogen (secondary N) is 1. The van der Waals surface area contributed by atoms with E-state index in [9.17, 15) is 4.79 Å². The highest BCUT2D eigenvalue weighted by atomic mass is 16.3. The fraction of sp³-hybridized carbons (Fsp3) is 0.900. The molecule has 0 saturated heterocycles. The summed E-state index contributed by atoms with van der Waals surface area (Å²) in [6, 6.07) is 0. The average molecular weight is 202 g/mol. The van der Waals surface area contributed by atoms with E-state index in [1.165, 1.54) is 0 Å². The summed E-state index contributed by atoms with van der Waals surface area (Å²) in [5, 5.41) is 11.3. The van der Waals surface area contributed by atoms with Gasteiger partial charge < -0.3 is 15.3 Å². The van der Waals surface area contributed by atoms with E-state index in [2.05, 4.69) is 17.1 Å². The molecule has 0 aliphatic heterocycles. The number of carbonyl (C=O) groups is 1. The Balaban J connectivity index is 3.46. The molecule has 1 amide bonds. The second-order valence-electron chi connectivity index (χ2n) is 3.29. The van der Waals surface area contributed by atoms with Crippen molar-refractivity contribution in [2.45, 2.75) is 26.2 Å². The SMILES string of the molecule is CCN(CCCO)CCCC(=O)NC. The van der Waals surface area contributed by atoms with E-state index in [1.54, 1.807) is 7.05 Å². The summed E-state index contributed by atoms with van der Waals surface area (Å²) < 4.78 is 0. The highest BCUT2D eigenvalue weighted by Gasteiger charge is 2.03. The zero-order valence-electron chi connectivity index (χ0n) is 9.25. The molecule has 0 spiro atoms. The number of hydrogen-bond acceptors (Lipinski definition) is 3. The van der Waals surface area contributed by atoms with Crippen LogP contribution in [0.25, 0.3) is 0 Å². The third-order valence-electron chi connectivity index (χ3n) is 2.24. The molecule has 0 bridgehead atoms. The lowest BCUT2D eigenvalue weighted by atomic mass is 10.2. The number of carbonyl (C=O) groups excluding carboxylic acids is 1. The Morgan fingerprint density at radius 1 is 1.36 bits per heavy atom. The molecule has 14 heavy (non-hydrogen) atoms. The third-order valence-corrected chi connectivity index (χ3v) is 2.24. The highest BCUT2D eigenvalue weighted by Crippen LogP contribution is 1.96. The summed E-state index contributed by atoms with van der Waals surface area (Å²) in [7, 11) is 1.66. The Morgan fingerprint density at radius 2 is 2.00 bits per heavy atom. The van der Waals surface area contributed by atoms with Crippen molar-refractivity contribution in [1.29, 1.82) is 0 Å². The number of rotatable bonds is 8. The molecule has 0 fully saturated rings. The topological polar surface area (TPSA) is 52.6 Å². The van der Waals surface area contributed by atoms with E-state index >= 15 is 0 Å². The van der Waals surface area contributed by atoms with Gasteiger partial charge >= 0.3 is 0 Å². The van der Waals surface area contributed by atoms with Gasteiger partial charge in [-0.25, -0.2) is 0 Å². The van der Waals surface area contributed by atoms with Crippen molar-refractivity contribution in [3.8, 4) is 0 Å². The second-order valence-corrected chi connectivity index (χ2v) is 3.29. The zero-order chi connectivity index (χ0) is 10.8. The van der Waals surface area contributed by atoms with Crippen molar-refractivity contribution in [3.05, 3.63) is 0 Å². The lowest BCUT2D eigenvalue weighted by molar-refractivity contribution is -0.120. The van der Waals surface area contributed by atoms with Gasteiger partial charge in [0.05, 0.1) is 0 Å². The first-order valence-electron chi connectivity index (χ1n) is 5.28. The van der Waals surface area contributed by atoms with E-state index in [-0.39, 0.29) is 12.5 Å². The molecule has 0 unspecified atom stereocenters. The van der Waals surface area contributed by atoms with Gasteiger partial charge in [0.25, 0.3) is 0 Å². The summed E-state index contributed by atoms with van der Waals surface area (Å²) in [5.41, 5.74) is 0. The number of aliphatic hydroxyl groups is 1. The summed E-state index contributed by atoms with van der Waals surface area (Å²) in [6.45, 7) is 5.17. The van der Waals surface area contributed by atoms with Crippen LogP contribution < -0.4 is 5.32 Å². The largest absolute Gasteiger partial charge is 0.396 e. The van der Waals surface area contributed by atoms with Crippen LogP contribution in [0.4, 0.5) is 0 Å². The Kier molecular flexibility index (Phi) is 8.57. The van der Waals surface area contributed by atoms with Gasteiger partial charge in [-0.3, -0.25) is 4.79 Å². The first kappa shape index (κ1) is 13.4. The number of aliphatic hydroxyl groups excluding tert-OH is 1. The minimum atomic E-state index is 0.100. The molecule has 0 aliphatic carbocycles. The van der Waals surface area contributed by atoms with Crippen LogP contribution in [0.2, 0.25) is 0 Å². The molecule has 0 aromatic heterocycles. The molecule has 2 N–H and O–H groups in total. The molecule has 0 radical (unpaired) electrons. The Bertz CT molecular complexity index is 151. The van der Waals surface area contributed by atoms with Gasteiger partial charge in [-0.15, -0.1) is 0 Å². The average Bonchev–Trinajstić information content (AvgIpc) is 2.22. The van der Waals surface area contributed by atoms with E-state index < -0.39 is 0 Å². The monoisotopic (exact) mass is 202 g/mol. The number of nitrogens with zero attached hydrogens (tertiary/aromatic N) is 1. The molecule has 84 valence electrons. The molecular weight excluding hydrogens is 180 g/mol. The van der Waals surface area contributed by atoms with Gasteiger partial charge in [0.1, 0.15) is 0 Å². The fourth-order valence-corrected chi connectivity index (χ4v) is 1.31. The first-order valence-corrected chi connectivity index (χ1v) is 5.28. The predicted molar refractivity (Wildman–Crippen MR) is 57.1 cm³/mol. The Morgan fingerprint density at radius 3 is 2.50 bits per heavy atom. The standard InChI is InChI=1S/C10H22N2O2/c1-3-12(8-5-9-13)7-4-6-10(14)11-2/h13H,3-9H2,1-2H3,(H,11,14). The van der Waals surface area contributed by atoms with Gasteiger partial charge in [0, 0.05) is 26.6 Å². The maximum atomic E-state index is 10.9. The van der Waals surface area contributed by atoms with Crippen LogP contribution in [0, 0.1) is 0 Å². The third kappa shape index (κ3) is 6.86. The van der Waals surface area contributed by atoms with Crippen LogP contribution in [0.15, 0.2) is 0 Å². The molecule has 0 aliphatic rings. The quantitative estimate of drug-likeness (QED) is 0.592. The highest BCUT2D eigenvalue weighted by molar-refractivity contribution is 5.75. The van der Waals surface area contributed by atoms with Crippen molar-refractivity contribution in [2.24, 2.45) is 0 Å². The van der Waals surface area contributed by atoms with Crippen LogP contribution in [0.3, 0.4) is 0 Å². The smallest absolute Gasteiger partial charge is 0.219 e. The van der Waals surface area contributed by atoms with Crippen molar-refractivity contribution < 1.29 is 9.90 Å². The van der Waals surface area contributed by atoms with Gasteiger partial charge in [0.2, 0.25) is 5.91 Å². The minimum Gasteiger partial charge on any atom is -0.396 e. The van der Waals surface area contributed by atoms with Gasteiger partial charge in [0.15, 0.2) is 0 Å². The van der Waals surface area contributed by atoms with E-state index in [1.807, 2.05) is 0 Å². The van der Waals surface area contributed by atoms with Gasteiger partial charge in [-0.05, 0) is 25.9 Å². The lowest BCUT2D eigenvalue weighted by Gasteiger charge is -2.19. The molecule has 0 aromatic carbocycles. The Hall–Kier alpha value is -0.610. The molecule has 0 rings (SSSR count). The van der Waals surface area contributed by atoms with E-state index in [0.29, 0.717) is 6.42 Å². The maximum absolute atomic E-state index is 10.9. The van der Waals surface area contributed by atoms with Crippen LogP contribution in [0.5, 0.6) is 0 Å². The molecule has 0 atom stereocenters. The molecule has 0 aromatic rings. The molecule has 0 saturated carbocycles. The molecular formula is C10H22N2O2. The summed E-state index contributed by atoms with van der Waals surface area (Å²) in [6.07, 6.45) is 2.29. The lowest BCUT2D eigenvalue weighted by Crippen LogP contribution is -2.27. The van der Waals surface area contributed by atoms with Crippen LogP contribution in [0.1, 0.15) is 26.2 Å². The summed E-state index contributed by atoms with van der Waals surface area (Å²) in [4.78, 5) is 13.2. The van der Waals surface area contributed by atoms with Crippen molar-refractivity contribution >= 4 is 5.91 Å². The summed E-state index contributed by atoms with van der Waals surface area (Å²) in [5.74, 6) is 0.100.